The van der Waals surface area contributed by atoms with Gasteiger partial charge in [-0.1, -0.05) is 40.7 Å². The van der Waals surface area contributed by atoms with Gasteiger partial charge in [0.25, 0.3) is 0 Å². The second-order valence-electron chi connectivity index (χ2n) is 4.34. The van der Waals surface area contributed by atoms with Crippen molar-refractivity contribution in [1.82, 2.24) is 5.32 Å². The van der Waals surface area contributed by atoms with Gasteiger partial charge in [-0.15, -0.1) is 0 Å². The summed E-state index contributed by atoms with van der Waals surface area (Å²) in [5.74, 6) is 1.82. The van der Waals surface area contributed by atoms with Crippen molar-refractivity contribution in [3.63, 3.8) is 0 Å². The highest BCUT2D eigenvalue weighted by Crippen LogP contribution is 2.39. The molecule has 1 fully saturated rings. The van der Waals surface area contributed by atoms with Crippen molar-refractivity contribution in [2.24, 2.45) is 5.92 Å². The predicted octanol–water partition coefficient (Wildman–Crippen LogP) is 3.25. The van der Waals surface area contributed by atoms with E-state index in [0.717, 1.165) is 18.2 Å². The van der Waals surface area contributed by atoms with Crippen molar-refractivity contribution in [2.45, 2.75) is 38.4 Å². The SMILES string of the molecule is C=C1CC[C@H]1CC(C)SSCCNC(C)=O. The van der Waals surface area contributed by atoms with Crippen LogP contribution >= 0.6 is 21.6 Å². The number of carbonyl (C=O) groups excluding carboxylic acids is 1. The molecule has 92 valence electrons. The van der Waals surface area contributed by atoms with E-state index in [2.05, 4.69) is 18.8 Å². The molecule has 2 nitrogen and oxygen atoms in total. The maximum absolute atomic E-state index is 10.6. The first-order valence-electron chi connectivity index (χ1n) is 5.80. The summed E-state index contributed by atoms with van der Waals surface area (Å²) in [5, 5.41) is 3.49. The van der Waals surface area contributed by atoms with E-state index in [1.54, 1.807) is 6.92 Å². The summed E-state index contributed by atoms with van der Waals surface area (Å²) in [5.41, 5.74) is 1.44. The third kappa shape index (κ3) is 5.30. The number of carbonyl (C=O) groups is 1. The van der Waals surface area contributed by atoms with Gasteiger partial charge in [-0.2, -0.15) is 0 Å². The maximum Gasteiger partial charge on any atom is 0.216 e. The lowest BCUT2D eigenvalue weighted by Crippen LogP contribution is -2.22. The van der Waals surface area contributed by atoms with E-state index >= 15 is 0 Å². The Hall–Kier alpha value is -0.0900. The summed E-state index contributed by atoms with van der Waals surface area (Å²) < 4.78 is 0. The average molecular weight is 259 g/mol. The van der Waals surface area contributed by atoms with Crippen LogP contribution in [0.1, 0.15) is 33.1 Å². The van der Waals surface area contributed by atoms with Crippen LogP contribution in [0.2, 0.25) is 0 Å². The molecular weight excluding hydrogens is 238 g/mol. The van der Waals surface area contributed by atoms with Gasteiger partial charge in [0.1, 0.15) is 0 Å². The molecule has 1 saturated carbocycles. The first kappa shape index (κ1) is 14.0. The van der Waals surface area contributed by atoms with E-state index in [1.165, 1.54) is 24.8 Å². The molecule has 0 aromatic rings. The van der Waals surface area contributed by atoms with Gasteiger partial charge in [0.05, 0.1) is 0 Å². The zero-order valence-corrected chi connectivity index (χ0v) is 11.8. The lowest BCUT2D eigenvalue weighted by molar-refractivity contribution is -0.118. The molecule has 0 radical (unpaired) electrons. The number of rotatable bonds is 7. The minimum absolute atomic E-state index is 0.0596. The summed E-state index contributed by atoms with van der Waals surface area (Å²) in [6.45, 7) is 8.67. The molecule has 0 aromatic heterocycles. The van der Waals surface area contributed by atoms with Gasteiger partial charge in [0.15, 0.2) is 0 Å². The first-order chi connectivity index (χ1) is 7.59. The molecule has 1 aliphatic carbocycles. The smallest absolute Gasteiger partial charge is 0.216 e. The molecule has 1 aliphatic rings. The number of hydrogen-bond acceptors (Lipinski definition) is 3. The Morgan fingerprint density at radius 1 is 1.69 bits per heavy atom. The fourth-order valence-electron chi connectivity index (χ4n) is 1.71. The fraction of sp³-hybridized carbons (Fsp3) is 0.750. The molecule has 0 aliphatic heterocycles. The monoisotopic (exact) mass is 259 g/mol. The van der Waals surface area contributed by atoms with Gasteiger partial charge in [0.2, 0.25) is 5.91 Å². The van der Waals surface area contributed by atoms with E-state index in [1.807, 2.05) is 21.6 Å². The van der Waals surface area contributed by atoms with Crippen LogP contribution in [0.4, 0.5) is 0 Å². The summed E-state index contributed by atoms with van der Waals surface area (Å²) in [4.78, 5) is 10.6. The molecule has 4 heteroatoms. The van der Waals surface area contributed by atoms with E-state index in [4.69, 9.17) is 0 Å². The third-order valence-electron chi connectivity index (χ3n) is 2.80. The standard InChI is InChI=1S/C12H21NOS2/c1-9-4-5-12(9)8-10(2)16-15-7-6-13-11(3)14/h10,12H,1,4-8H2,2-3H3,(H,13,14)/t10?,12-/m0/s1. The highest BCUT2D eigenvalue weighted by molar-refractivity contribution is 8.76. The average Bonchev–Trinajstić information content (AvgIpc) is 2.23. The van der Waals surface area contributed by atoms with Crippen molar-refractivity contribution in [2.75, 3.05) is 12.3 Å². The van der Waals surface area contributed by atoms with Gasteiger partial charge in [-0.3, -0.25) is 4.79 Å². The van der Waals surface area contributed by atoms with Crippen molar-refractivity contribution < 1.29 is 4.79 Å². The van der Waals surface area contributed by atoms with Crippen LogP contribution in [0.15, 0.2) is 12.2 Å². The number of hydrogen-bond donors (Lipinski definition) is 1. The minimum Gasteiger partial charge on any atom is -0.355 e. The molecule has 0 saturated heterocycles. The Balaban J connectivity index is 1.95. The second kappa shape index (κ2) is 7.28. The summed E-state index contributed by atoms with van der Waals surface area (Å²) >= 11 is 0. The van der Waals surface area contributed by atoms with Crippen LogP contribution < -0.4 is 5.32 Å². The van der Waals surface area contributed by atoms with Crippen molar-refractivity contribution in [3.05, 3.63) is 12.2 Å². The van der Waals surface area contributed by atoms with Gasteiger partial charge >= 0.3 is 0 Å². The van der Waals surface area contributed by atoms with Crippen molar-refractivity contribution >= 4 is 27.5 Å². The molecule has 0 bridgehead atoms. The number of allylic oxidation sites excluding steroid dienone is 1. The lowest BCUT2D eigenvalue weighted by atomic mass is 9.78. The Labute approximate surface area is 106 Å². The van der Waals surface area contributed by atoms with Gasteiger partial charge in [0, 0.05) is 24.5 Å². The van der Waals surface area contributed by atoms with Gasteiger partial charge in [-0.05, 0) is 25.2 Å². The second-order valence-corrected chi connectivity index (χ2v) is 7.27. The van der Waals surface area contributed by atoms with Crippen molar-refractivity contribution in [1.29, 1.82) is 0 Å². The third-order valence-corrected chi connectivity index (χ3v) is 5.72. The molecule has 1 N–H and O–H groups in total. The molecule has 1 amide bonds. The summed E-state index contributed by atoms with van der Waals surface area (Å²) in [7, 11) is 3.79. The Morgan fingerprint density at radius 2 is 2.44 bits per heavy atom. The normalized spacial score (nSPS) is 21.4. The van der Waals surface area contributed by atoms with Crippen LogP contribution in [0.5, 0.6) is 0 Å². The Morgan fingerprint density at radius 3 is 2.94 bits per heavy atom. The number of nitrogens with one attached hydrogen (secondary N) is 1. The Kier molecular flexibility index (Phi) is 6.36. The predicted molar refractivity (Wildman–Crippen MR) is 74.7 cm³/mol. The summed E-state index contributed by atoms with van der Waals surface area (Å²) in [6.07, 6.45) is 3.83. The summed E-state index contributed by atoms with van der Waals surface area (Å²) in [6, 6.07) is 0. The van der Waals surface area contributed by atoms with Gasteiger partial charge < -0.3 is 5.32 Å². The molecular formula is C12H21NOS2. The Bertz CT molecular complexity index is 255. The zero-order chi connectivity index (χ0) is 12.0. The number of amides is 1. The van der Waals surface area contributed by atoms with Gasteiger partial charge in [-0.25, -0.2) is 0 Å². The maximum atomic E-state index is 10.6. The molecule has 0 heterocycles. The zero-order valence-electron chi connectivity index (χ0n) is 10.1. The van der Waals surface area contributed by atoms with Crippen LogP contribution in [0.3, 0.4) is 0 Å². The highest BCUT2D eigenvalue weighted by Gasteiger charge is 2.23. The van der Waals surface area contributed by atoms with E-state index < -0.39 is 0 Å². The van der Waals surface area contributed by atoms with E-state index in [9.17, 15) is 4.79 Å². The highest BCUT2D eigenvalue weighted by atomic mass is 33.1. The van der Waals surface area contributed by atoms with E-state index in [0.29, 0.717) is 5.25 Å². The largest absolute Gasteiger partial charge is 0.355 e. The fourth-order valence-corrected chi connectivity index (χ4v) is 4.01. The van der Waals surface area contributed by atoms with Crippen LogP contribution in [-0.4, -0.2) is 23.5 Å². The molecule has 0 spiro atoms. The topological polar surface area (TPSA) is 29.1 Å². The quantitative estimate of drug-likeness (QED) is 0.432. The lowest BCUT2D eigenvalue weighted by Gasteiger charge is -2.30. The van der Waals surface area contributed by atoms with Crippen LogP contribution in [0, 0.1) is 5.92 Å². The molecule has 2 atom stereocenters. The molecule has 16 heavy (non-hydrogen) atoms. The molecule has 1 unspecified atom stereocenters. The van der Waals surface area contributed by atoms with Crippen LogP contribution in [0.25, 0.3) is 0 Å². The molecule has 1 rings (SSSR count). The minimum atomic E-state index is 0.0596. The first-order valence-corrected chi connectivity index (χ1v) is 8.18. The van der Waals surface area contributed by atoms with Crippen LogP contribution in [-0.2, 0) is 4.79 Å². The van der Waals surface area contributed by atoms with Crippen molar-refractivity contribution in [3.8, 4) is 0 Å². The van der Waals surface area contributed by atoms with E-state index in [-0.39, 0.29) is 5.91 Å². The molecule has 0 aromatic carbocycles.